The van der Waals surface area contributed by atoms with Crippen molar-refractivity contribution in [2.75, 3.05) is 50.6 Å². The zero-order chi connectivity index (χ0) is 20.1. The van der Waals surface area contributed by atoms with Crippen LogP contribution in [-0.2, 0) is 4.79 Å². The molecule has 0 aliphatic carbocycles. The van der Waals surface area contributed by atoms with Crippen molar-refractivity contribution in [1.29, 1.82) is 0 Å². The van der Waals surface area contributed by atoms with Crippen LogP contribution >= 0.6 is 0 Å². The van der Waals surface area contributed by atoms with Crippen molar-refractivity contribution in [2.45, 2.75) is 19.9 Å². The number of aryl methyl sites for hydroxylation is 1. The van der Waals surface area contributed by atoms with Gasteiger partial charge in [0.05, 0.1) is 26.5 Å². The lowest BCUT2D eigenvalue weighted by Crippen LogP contribution is -2.53. The Kier molecular flexibility index (Phi) is 6.41. The average molecular weight is 383 g/mol. The Bertz CT molecular complexity index is 807. The molecule has 6 nitrogen and oxygen atoms in total. The van der Waals surface area contributed by atoms with Gasteiger partial charge in [-0.2, -0.15) is 0 Å². The lowest BCUT2D eigenvalue weighted by atomic mass is 10.1. The van der Waals surface area contributed by atoms with Crippen LogP contribution in [0.5, 0.6) is 11.5 Å². The van der Waals surface area contributed by atoms with E-state index in [9.17, 15) is 4.79 Å². The van der Waals surface area contributed by atoms with E-state index >= 15 is 0 Å². The molecule has 1 aliphatic heterocycles. The molecular formula is C22H29N3O3. The Balaban J connectivity index is 1.58. The first kappa shape index (κ1) is 20.0. The van der Waals surface area contributed by atoms with Gasteiger partial charge in [-0.05, 0) is 38.1 Å². The van der Waals surface area contributed by atoms with E-state index < -0.39 is 0 Å². The molecular weight excluding hydrogens is 354 g/mol. The summed E-state index contributed by atoms with van der Waals surface area (Å²) < 4.78 is 10.6. The van der Waals surface area contributed by atoms with Gasteiger partial charge < -0.3 is 19.7 Å². The van der Waals surface area contributed by atoms with Gasteiger partial charge in [0.2, 0.25) is 5.91 Å². The number of rotatable bonds is 6. The maximum absolute atomic E-state index is 12.6. The Morgan fingerprint density at radius 3 is 2.50 bits per heavy atom. The molecule has 1 amide bonds. The van der Waals surface area contributed by atoms with Gasteiger partial charge in [-0.15, -0.1) is 0 Å². The van der Waals surface area contributed by atoms with Crippen molar-refractivity contribution in [1.82, 2.24) is 4.90 Å². The van der Waals surface area contributed by atoms with Crippen LogP contribution in [0.4, 0.5) is 11.4 Å². The van der Waals surface area contributed by atoms with Crippen molar-refractivity contribution in [3.05, 3.63) is 48.0 Å². The minimum Gasteiger partial charge on any atom is -0.497 e. The standard InChI is InChI=1S/C22H29N3O3/c1-16-5-7-18(8-6-16)25-12-11-24(14-17(25)2)15-22(26)23-20-13-19(27-3)9-10-21(20)28-4/h5-10,13,17H,11-12,14-15H2,1-4H3,(H,23,26)/t17-/m1/s1. The number of hydrogen-bond donors (Lipinski definition) is 1. The maximum Gasteiger partial charge on any atom is 0.238 e. The van der Waals surface area contributed by atoms with Crippen LogP contribution in [0.2, 0.25) is 0 Å². The molecule has 1 atom stereocenters. The first-order valence-corrected chi connectivity index (χ1v) is 9.57. The molecule has 0 unspecified atom stereocenters. The number of benzene rings is 2. The van der Waals surface area contributed by atoms with Gasteiger partial charge in [-0.3, -0.25) is 9.69 Å². The van der Waals surface area contributed by atoms with Gasteiger partial charge >= 0.3 is 0 Å². The SMILES string of the molecule is COc1ccc(OC)c(NC(=O)CN2CCN(c3ccc(C)cc3)[C@H](C)C2)c1. The number of methoxy groups -OCH3 is 2. The van der Waals surface area contributed by atoms with Gasteiger partial charge in [0.25, 0.3) is 0 Å². The molecule has 1 aliphatic rings. The topological polar surface area (TPSA) is 54.0 Å². The zero-order valence-corrected chi connectivity index (χ0v) is 17.1. The number of ether oxygens (including phenoxy) is 2. The minimum atomic E-state index is -0.0532. The molecule has 1 heterocycles. The van der Waals surface area contributed by atoms with E-state index in [-0.39, 0.29) is 5.91 Å². The summed E-state index contributed by atoms with van der Waals surface area (Å²) in [5.41, 5.74) is 3.13. The van der Waals surface area contributed by atoms with E-state index in [0.717, 1.165) is 19.6 Å². The van der Waals surface area contributed by atoms with E-state index in [1.165, 1.54) is 11.3 Å². The fourth-order valence-electron chi connectivity index (χ4n) is 3.60. The normalized spacial score (nSPS) is 17.3. The molecule has 0 spiro atoms. The highest BCUT2D eigenvalue weighted by Crippen LogP contribution is 2.29. The predicted molar refractivity (Wildman–Crippen MR) is 113 cm³/mol. The number of piperazine rings is 1. The van der Waals surface area contributed by atoms with Crippen molar-refractivity contribution in [3.8, 4) is 11.5 Å². The number of nitrogens with zero attached hydrogens (tertiary/aromatic N) is 2. The molecule has 0 bridgehead atoms. The van der Waals surface area contributed by atoms with Gasteiger partial charge in [0.15, 0.2) is 0 Å². The van der Waals surface area contributed by atoms with Crippen LogP contribution in [0.25, 0.3) is 0 Å². The number of anilines is 2. The predicted octanol–water partition coefficient (Wildman–Crippen LogP) is 3.16. The van der Waals surface area contributed by atoms with Crippen LogP contribution in [0.15, 0.2) is 42.5 Å². The molecule has 1 N–H and O–H groups in total. The largest absolute Gasteiger partial charge is 0.497 e. The van der Waals surface area contributed by atoms with Crippen molar-refractivity contribution in [3.63, 3.8) is 0 Å². The first-order chi connectivity index (χ1) is 13.5. The second kappa shape index (κ2) is 8.97. The van der Waals surface area contributed by atoms with Gasteiger partial charge in [-0.1, -0.05) is 17.7 Å². The van der Waals surface area contributed by atoms with E-state index in [1.54, 1.807) is 32.4 Å². The Labute approximate surface area is 167 Å². The third kappa shape index (κ3) is 4.75. The van der Waals surface area contributed by atoms with Crippen molar-refractivity contribution < 1.29 is 14.3 Å². The highest BCUT2D eigenvalue weighted by molar-refractivity contribution is 5.94. The average Bonchev–Trinajstić information content (AvgIpc) is 2.69. The summed E-state index contributed by atoms with van der Waals surface area (Å²) >= 11 is 0. The van der Waals surface area contributed by atoms with Crippen molar-refractivity contribution >= 4 is 17.3 Å². The molecule has 2 aromatic carbocycles. The number of carbonyl (C=O) groups excluding carboxylic acids is 1. The lowest BCUT2D eigenvalue weighted by molar-refractivity contribution is -0.117. The van der Waals surface area contributed by atoms with E-state index in [1.807, 2.05) is 0 Å². The summed E-state index contributed by atoms with van der Waals surface area (Å²) in [6, 6.07) is 14.3. The van der Waals surface area contributed by atoms with E-state index in [2.05, 4.69) is 53.2 Å². The molecule has 150 valence electrons. The van der Waals surface area contributed by atoms with Crippen LogP contribution in [-0.4, -0.2) is 57.2 Å². The second-order valence-electron chi connectivity index (χ2n) is 7.23. The van der Waals surface area contributed by atoms with Crippen LogP contribution < -0.4 is 19.7 Å². The third-order valence-electron chi connectivity index (χ3n) is 5.13. The smallest absolute Gasteiger partial charge is 0.238 e. The molecule has 3 rings (SSSR count). The van der Waals surface area contributed by atoms with E-state index in [0.29, 0.717) is 29.8 Å². The molecule has 0 saturated carbocycles. The van der Waals surface area contributed by atoms with Crippen molar-refractivity contribution in [2.24, 2.45) is 0 Å². The van der Waals surface area contributed by atoms with Gasteiger partial charge in [0, 0.05) is 37.4 Å². The van der Waals surface area contributed by atoms with Crippen LogP contribution in [0.3, 0.4) is 0 Å². The number of carbonyl (C=O) groups is 1. The third-order valence-corrected chi connectivity index (χ3v) is 5.13. The monoisotopic (exact) mass is 383 g/mol. The highest BCUT2D eigenvalue weighted by Gasteiger charge is 2.25. The molecule has 28 heavy (non-hydrogen) atoms. The van der Waals surface area contributed by atoms with E-state index in [4.69, 9.17) is 9.47 Å². The van der Waals surface area contributed by atoms with Crippen LogP contribution in [0, 0.1) is 6.92 Å². The summed E-state index contributed by atoms with van der Waals surface area (Å²) in [6.45, 7) is 7.25. The summed E-state index contributed by atoms with van der Waals surface area (Å²) in [6.07, 6.45) is 0. The Hall–Kier alpha value is -2.73. The number of amides is 1. The molecule has 0 aromatic heterocycles. The Morgan fingerprint density at radius 2 is 1.86 bits per heavy atom. The summed E-state index contributed by atoms with van der Waals surface area (Å²) in [4.78, 5) is 17.2. The molecule has 6 heteroatoms. The van der Waals surface area contributed by atoms with Crippen LogP contribution in [0.1, 0.15) is 12.5 Å². The molecule has 1 saturated heterocycles. The second-order valence-corrected chi connectivity index (χ2v) is 7.23. The lowest BCUT2D eigenvalue weighted by Gasteiger charge is -2.41. The number of hydrogen-bond acceptors (Lipinski definition) is 5. The van der Waals surface area contributed by atoms with Gasteiger partial charge in [0.1, 0.15) is 11.5 Å². The fourth-order valence-corrected chi connectivity index (χ4v) is 3.60. The molecule has 0 radical (unpaired) electrons. The first-order valence-electron chi connectivity index (χ1n) is 9.57. The quantitative estimate of drug-likeness (QED) is 0.830. The number of nitrogens with one attached hydrogen (secondary N) is 1. The highest BCUT2D eigenvalue weighted by atomic mass is 16.5. The fraction of sp³-hybridized carbons (Fsp3) is 0.409. The Morgan fingerprint density at radius 1 is 1.11 bits per heavy atom. The summed E-state index contributed by atoms with van der Waals surface area (Å²) in [5, 5.41) is 2.95. The van der Waals surface area contributed by atoms with Gasteiger partial charge in [-0.25, -0.2) is 0 Å². The zero-order valence-electron chi connectivity index (χ0n) is 17.1. The maximum atomic E-state index is 12.6. The summed E-state index contributed by atoms with van der Waals surface area (Å²) in [5.74, 6) is 1.24. The summed E-state index contributed by atoms with van der Waals surface area (Å²) in [7, 11) is 3.19. The minimum absolute atomic E-state index is 0.0532. The molecule has 2 aromatic rings. The molecule has 1 fully saturated rings.